The first-order chi connectivity index (χ1) is 13.8. The Morgan fingerprint density at radius 2 is 2.03 bits per heavy atom. The average molecular weight is 438 g/mol. The Hall–Kier alpha value is -2.62. The predicted octanol–water partition coefficient (Wildman–Crippen LogP) is 2.36. The van der Waals surface area contributed by atoms with Crippen LogP contribution in [0, 0.1) is 0 Å². The third-order valence-electron chi connectivity index (χ3n) is 4.52. The Labute approximate surface area is 173 Å². The molecule has 1 aliphatic rings. The Morgan fingerprint density at radius 1 is 1.31 bits per heavy atom. The Balaban J connectivity index is 1.71. The highest BCUT2D eigenvalue weighted by molar-refractivity contribution is 7.89. The number of hydrazone groups is 1. The number of nitrogens with one attached hydrogen (secondary N) is 1. The largest absolute Gasteiger partial charge is 0.504 e. The number of carbonyl (C=O) groups is 1. The summed E-state index contributed by atoms with van der Waals surface area (Å²) in [5.74, 6) is -0.249. The number of methoxy groups -OCH3 is 1. The quantitative estimate of drug-likeness (QED) is 0.532. The fourth-order valence-corrected chi connectivity index (χ4v) is 4.83. The number of amides is 1. The van der Waals surface area contributed by atoms with Gasteiger partial charge >= 0.3 is 0 Å². The number of aromatic hydroxyl groups is 1. The van der Waals surface area contributed by atoms with Crippen LogP contribution in [0.1, 0.15) is 18.4 Å². The first-order valence-corrected chi connectivity index (χ1v) is 10.6. The van der Waals surface area contributed by atoms with Crippen LogP contribution in [0.15, 0.2) is 52.5 Å². The zero-order valence-corrected chi connectivity index (χ0v) is 17.2. The summed E-state index contributed by atoms with van der Waals surface area (Å²) in [4.78, 5) is 12.6. The van der Waals surface area contributed by atoms with Crippen LogP contribution in [-0.2, 0) is 14.8 Å². The summed E-state index contributed by atoms with van der Waals surface area (Å²) in [6, 6.07) is 9.58. The van der Waals surface area contributed by atoms with Gasteiger partial charge in [-0.15, -0.1) is 0 Å². The van der Waals surface area contributed by atoms with Crippen LogP contribution in [0.25, 0.3) is 0 Å². The van der Waals surface area contributed by atoms with Gasteiger partial charge in [0.15, 0.2) is 11.5 Å². The zero-order chi connectivity index (χ0) is 21.0. The van der Waals surface area contributed by atoms with Crippen LogP contribution in [0.5, 0.6) is 11.5 Å². The molecule has 0 aromatic heterocycles. The number of phenols is 1. The van der Waals surface area contributed by atoms with Crippen molar-refractivity contribution >= 4 is 33.7 Å². The van der Waals surface area contributed by atoms with Crippen LogP contribution in [-0.4, -0.2) is 49.6 Å². The van der Waals surface area contributed by atoms with Gasteiger partial charge in [-0.25, -0.2) is 13.8 Å². The topological polar surface area (TPSA) is 108 Å². The first kappa shape index (κ1) is 21.1. The summed E-state index contributed by atoms with van der Waals surface area (Å²) in [6.45, 7) is 0.252. The molecule has 3 rings (SSSR count). The van der Waals surface area contributed by atoms with Crippen molar-refractivity contribution in [3.8, 4) is 11.5 Å². The van der Waals surface area contributed by atoms with E-state index in [1.807, 2.05) is 0 Å². The molecule has 0 radical (unpaired) electrons. The summed E-state index contributed by atoms with van der Waals surface area (Å²) in [7, 11) is -2.40. The van der Waals surface area contributed by atoms with Gasteiger partial charge in [0.05, 0.1) is 18.2 Å². The van der Waals surface area contributed by atoms with Crippen LogP contribution in [0.2, 0.25) is 5.02 Å². The molecule has 29 heavy (non-hydrogen) atoms. The van der Waals surface area contributed by atoms with Gasteiger partial charge in [-0.1, -0.05) is 11.6 Å². The fraction of sp³-hybridized carbons (Fsp3) is 0.263. The maximum atomic E-state index is 12.9. The number of hydrogen-bond donors (Lipinski definition) is 2. The Kier molecular flexibility index (Phi) is 6.41. The second-order valence-corrected chi connectivity index (χ2v) is 8.72. The molecule has 10 heteroatoms. The lowest BCUT2D eigenvalue weighted by atomic mass is 10.2. The summed E-state index contributed by atoms with van der Waals surface area (Å²) in [5.41, 5.74) is 2.98. The van der Waals surface area contributed by atoms with Gasteiger partial charge in [-0.3, -0.25) is 4.79 Å². The normalized spacial score (nSPS) is 17.5. The molecule has 1 atom stereocenters. The molecular weight excluding hydrogens is 418 g/mol. The summed E-state index contributed by atoms with van der Waals surface area (Å²) < 4.78 is 32.0. The number of rotatable bonds is 6. The minimum absolute atomic E-state index is 0.0114. The summed E-state index contributed by atoms with van der Waals surface area (Å²) in [6.07, 6.45) is 2.36. The highest BCUT2D eigenvalue weighted by atomic mass is 35.5. The van der Waals surface area contributed by atoms with E-state index >= 15 is 0 Å². The number of hydrogen-bond acceptors (Lipinski definition) is 6. The van der Waals surface area contributed by atoms with Crippen molar-refractivity contribution in [1.82, 2.24) is 9.73 Å². The van der Waals surface area contributed by atoms with E-state index in [4.69, 9.17) is 16.3 Å². The molecule has 0 aliphatic carbocycles. The minimum Gasteiger partial charge on any atom is -0.504 e. The summed E-state index contributed by atoms with van der Waals surface area (Å²) >= 11 is 5.83. The van der Waals surface area contributed by atoms with Crippen molar-refractivity contribution in [2.75, 3.05) is 13.7 Å². The van der Waals surface area contributed by atoms with Gasteiger partial charge in [-0.2, -0.15) is 9.41 Å². The molecule has 0 saturated carbocycles. The molecule has 154 valence electrons. The third-order valence-corrected chi connectivity index (χ3v) is 6.69. The Bertz CT molecular complexity index is 1020. The maximum absolute atomic E-state index is 12.9. The zero-order valence-electron chi connectivity index (χ0n) is 15.6. The molecule has 0 unspecified atom stereocenters. The fourth-order valence-electron chi connectivity index (χ4n) is 3.05. The van der Waals surface area contributed by atoms with Gasteiger partial charge in [0, 0.05) is 11.6 Å². The van der Waals surface area contributed by atoms with E-state index in [1.54, 1.807) is 12.1 Å². The predicted molar refractivity (Wildman–Crippen MR) is 109 cm³/mol. The van der Waals surface area contributed by atoms with Crippen molar-refractivity contribution in [3.05, 3.63) is 53.1 Å². The van der Waals surface area contributed by atoms with Crippen LogP contribution in [0.4, 0.5) is 0 Å². The van der Waals surface area contributed by atoms with Crippen molar-refractivity contribution in [3.63, 3.8) is 0 Å². The van der Waals surface area contributed by atoms with Crippen molar-refractivity contribution in [2.45, 2.75) is 23.8 Å². The van der Waals surface area contributed by atoms with Crippen LogP contribution >= 0.6 is 11.6 Å². The maximum Gasteiger partial charge on any atom is 0.258 e. The number of sulfonamides is 1. The van der Waals surface area contributed by atoms with Crippen molar-refractivity contribution in [1.29, 1.82) is 0 Å². The molecule has 1 heterocycles. The second kappa shape index (κ2) is 8.81. The Morgan fingerprint density at radius 3 is 2.72 bits per heavy atom. The lowest BCUT2D eigenvalue weighted by Gasteiger charge is -2.22. The van der Waals surface area contributed by atoms with Gasteiger partial charge < -0.3 is 9.84 Å². The van der Waals surface area contributed by atoms with Gasteiger partial charge in [-0.05, 0) is 60.9 Å². The summed E-state index contributed by atoms with van der Waals surface area (Å²) in [5, 5.41) is 13.9. The van der Waals surface area contributed by atoms with E-state index in [1.165, 1.54) is 48.0 Å². The number of ether oxygens (including phenoxy) is 1. The number of phenolic OH excluding ortho intramolecular Hbond substituents is 1. The van der Waals surface area contributed by atoms with E-state index in [2.05, 4.69) is 10.5 Å². The SMILES string of the molecule is COc1cc(/C=N/NC(=O)[C@@H]2CCCN2S(=O)(=O)c2ccc(Cl)cc2)ccc1O. The first-order valence-electron chi connectivity index (χ1n) is 8.80. The molecule has 1 saturated heterocycles. The highest BCUT2D eigenvalue weighted by Crippen LogP contribution is 2.27. The van der Waals surface area contributed by atoms with Gasteiger partial charge in [0.2, 0.25) is 10.0 Å². The third kappa shape index (κ3) is 4.69. The van der Waals surface area contributed by atoms with Crippen LogP contribution in [0.3, 0.4) is 0 Å². The minimum atomic E-state index is -3.82. The number of halogens is 1. The highest BCUT2D eigenvalue weighted by Gasteiger charge is 2.39. The van der Waals surface area contributed by atoms with Crippen molar-refractivity contribution in [2.24, 2.45) is 5.10 Å². The van der Waals surface area contributed by atoms with Gasteiger partial charge in [0.25, 0.3) is 5.91 Å². The monoisotopic (exact) mass is 437 g/mol. The van der Waals surface area contributed by atoms with E-state index in [0.717, 1.165) is 0 Å². The van der Waals surface area contributed by atoms with E-state index < -0.39 is 22.0 Å². The number of carbonyl (C=O) groups excluding carboxylic acids is 1. The van der Waals surface area contributed by atoms with Crippen molar-refractivity contribution < 1.29 is 23.1 Å². The van der Waals surface area contributed by atoms with E-state index in [-0.39, 0.29) is 22.9 Å². The smallest absolute Gasteiger partial charge is 0.258 e. The van der Waals surface area contributed by atoms with E-state index in [9.17, 15) is 18.3 Å². The molecule has 2 N–H and O–H groups in total. The molecule has 0 spiro atoms. The molecule has 2 aromatic carbocycles. The van der Waals surface area contributed by atoms with Gasteiger partial charge in [0.1, 0.15) is 6.04 Å². The average Bonchev–Trinajstić information content (AvgIpc) is 3.20. The standard InChI is InChI=1S/C19H20ClN3O5S/c1-28-18-11-13(4-9-17(18)24)12-21-22-19(25)16-3-2-10-23(16)29(26,27)15-7-5-14(20)6-8-15/h4-9,11-12,16,24H,2-3,10H2,1H3,(H,22,25)/b21-12+/t16-/m0/s1. The number of nitrogens with zero attached hydrogens (tertiary/aromatic N) is 2. The molecule has 0 bridgehead atoms. The van der Waals surface area contributed by atoms with Crippen LogP contribution < -0.4 is 10.2 Å². The molecule has 2 aromatic rings. The lowest BCUT2D eigenvalue weighted by Crippen LogP contribution is -2.44. The molecule has 1 fully saturated rings. The molecule has 1 amide bonds. The molecular formula is C19H20ClN3O5S. The second-order valence-electron chi connectivity index (χ2n) is 6.39. The lowest BCUT2D eigenvalue weighted by molar-refractivity contribution is -0.124. The molecule has 1 aliphatic heterocycles. The van der Waals surface area contributed by atoms with E-state index in [0.29, 0.717) is 23.4 Å². The number of benzene rings is 2. The molecule has 8 nitrogen and oxygen atoms in total.